The number of hydrogen-bond acceptors (Lipinski definition) is 0. The second kappa shape index (κ2) is 5.09. The molecule has 0 fully saturated rings. The van der Waals surface area contributed by atoms with Crippen LogP contribution in [-0.4, -0.2) is 0 Å². The van der Waals surface area contributed by atoms with E-state index in [0.29, 0.717) is 0 Å². The highest BCUT2D eigenvalue weighted by atomic mass is 127. The van der Waals surface area contributed by atoms with Crippen LogP contribution in [-0.2, 0) is 0 Å². The van der Waals surface area contributed by atoms with Gasteiger partial charge in [-0.3, -0.25) is 0 Å². The molecule has 0 saturated carbocycles. The van der Waals surface area contributed by atoms with Gasteiger partial charge in [-0.2, -0.15) is 0 Å². The number of hydrogen-bond donors (Lipinski definition) is 0. The molecule has 0 radical (unpaired) electrons. The molecule has 0 aliphatic heterocycles. The first-order chi connectivity index (χ1) is 7.27. The standard InChI is InChI=1S/C13H12IP/c1-10-6-2-4-8-12(10)15-13-9-5-3-7-11(13)14/h2-9,15H,1H3. The molecule has 15 heavy (non-hydrogen) atoms. The molecule has 0 nitrogen and oxygen atoms in total. The summed E-state index contributed by atoms with van der Waals surface area (Å²) in [6.07, 6.45) is 0. The van der Waals surface area contributed by atoms with Gasteiger partial charge in [-0.05, 0) is 51.8 Å². The highest BCUT2D eigenvalue weighted by molar-refractivity contribution is 14.1. The molecule has 2 aromatic rings. The van der Waals surface area contributed by atoms with Crippen LogP contribution in [0.25, 0.3) is 0 Å². The molecule has 1 unspecified atom stereocenters. The summed E-state index contributed by atoms with van der Waals surface area (Å²) in [6.45, 7) is 2.18. The molecule has 2 rings (SSSR count). The van der Waals surface area contributed by atoms with Crippen molar-refractivity contribution in [1.82, 2.24) is 0 Å². The number of halogens is 1. The minimum atomic E-state index is 0.767. The zero-order valence-corrected chi connectivity index (χ0v) is 11.7. The molecule has 0 aliphatic carbocycles. The minimum Gasteiger partial charge on any atom is -0.0620 e. The zero-order valence-electron chi connectivity index (χ0n) is 8.50. The lowest BCUT2D eigenvalue weighted by Crippen LogP contribution is -2.08. The summed E-state index contributed by atoms with van der Waals surface area (Å²) in [7, 11) is 0.767. The summed E-state index contributed by atoms with van der Waals surface area (Å²) in [5.41, 5.74) is 1.38. The van der Waals surface area contributed by atoms with Gasteiger partial charge in [0.15, 0.2) is 0 Å². The quantitative estimate of drug-likeness (QED) is 0.587. The second-order valence-corrected chi connectivity index (χ2v) is 5.91. The minimum absolute atomic E-state index is 0.767. The van der Waals surface area contributed by atoms with Gasteiger partial charge in [-0.1, -0.05) is 51.0 Å². The Hall–Kier alpha value is -0.400. The van der Waals surface area contributed by atoms with Gasteiger partial charge in [-0.15, -0.1) is 0 Å². The summed E-state index contributed by atoms with van der Waals surface area (Å²) < 4.78 is 1.36. The van der Waals surface area contributed by atoms with E-state index in [4.69, 9.17) is 0 Å². The van der Waals surface area contributed by atoms with Crippen molar-refractivity contribution in [2.45, 2.75) is 6.92 Å². The van der Waals surface area contributed by atoms with Crippen LogP contribution in [0.15, 0.2) is 48.5 Å². The lowest BCUT2D eigenvalue weighted by Gasteiger charge is -2.07. The third-order valence-electron chi connectivity index (χ3n) is 2.29. The Morgan fingerprint density at radius 1 is 0.867 bits per heavy atom. The van der Waals surface area contributed by atoms with Crippen LogP contribution in [0.5, 0.6) is 0 Å². The topological polar surface area (TPSA) is 0 Å². The summed E-state index contributed by atoms with van der Waals surface area (Å²) in [5.74, 6) is 0. The second-order valence-electron chi connectivity index (χ2n) is 3.42. The molecular weight excluding hydrogens is 314 g/mol. The van der Waals surface area contributed by atoms with Gasteiger partial charge in [0.05, 0.1) is 0 Å². The monoisotopic (exact) mass is 326 g/mol. The van der Waals surface area contributed by atoms with Gasteiger partial charge in [-0.25, -0.2) is 0 Å². The van der Waals surface area contributed by atoms with Gasteiger partial charge in [0.1, 0.15) is 0 Å². The lowest BCUT2D eigenvalue weighted by atomic mass is 10.2. The molecule has 0 bridgehead atoms. The summed E-state index contributed by atoms with van der Waals surface area (Å²) in [5, 5.41) is 2.88. The average molecular weight is 326 g/mol. The van der Waals surface area contributed by atoms with E-state index in [0.717, 1.165) is 8.58 Å². The molecule has 0 heterocycles. The number of benzene rings is 2. The van der Waals surface area contributed by atoms with Crippen molar-refractivity contribution in [2.24, 2.45) is 0 Å². The maximum atomic E-state index is 2.41. The van der Waals surface area contributed by atoms with Gasteiger partial charge in [0, 0.05) is 3.57 Å². The molecule has 76 valence electrons. The van der Waals surface area contributed by atoms with E-state index in [-0.39, 0.29) is 0 Å². The molecule has 0 saturated heterocycles. The molecule has 0 spiro atoms. The first-order valence-electron chi connectivity index (χ1n) is 4.84. The molecular formula is C13H12IP. The van der Waals surface area contributed by atoms with E-state index in [9.17, 15) is 0 Å². The SMILES string of the molecule is Cc1ccccc1Pc1ccccc1I. The largest absolute Gasteiger partial charge is 0.0620 e. The maximum Gasteiger partial charge on any atom is 0.0207 e. The first-order valence-corrected chi connectivity index (χ1v) is 6.92. The van der Waals surface area contributed by atoms with Gasteiger partial charge in [0.25, 0.3) is 0 Å². The molecule has 2 aromatic carbocycles. The van der Waals surface area contributed by atoms with Gasteiger partial charge in [0.2, 0.25) is 0 Å². The van der Waals surface area contributed by atoms with Crippen molar-refractivity contribution in [2.75, 3.05) is 0 Å². The molecule has 0 aliphatic rings. The van der Waals surface area contributed by atoms with Gasteiger partial charge >= 0.3 is 0 Å². The number of rotatable bonds is 2. The van der Waals surface area contributed by atoms with Crippen LogP contribution in [0, 0.1) is 10.5 Å². The van der Waals surface area contributed by atoms with E-state index in [1.807, 2.05) is 0 Å². The summed E-state index contributed by atoms with van der Waals surface area (Å²) in [6, 6.07) is 17.2. The van der Waals surface area contributed by atoms with Crippen molar-refractivity contribution in [3.8, 4) is 0 Å². The maximum absolute atomic E-state index is 2.41. The normalized spacial score (nSPS) is 11.1. The predicted molar refractivity (Wildman–Crippen MR) is 77.9 cm³/mol. The van der Waals surface area contributed by atoms with Crippen molar-refractivity contribution in [3.63, 3.8) is 0 Å². The Balaban J connectivity index is 2.30. The Morgan fingerprint density at radius 2 is 1.47 bits per heavy atom. The van der Waals surface area contributed by atoms with E-state index in [1.54, 1.807) is 0 Å². The van der Waals surface area contributed by atoms with Crippen LogP contribution < -0.4 is 10.6 Å². The fourth-order valence-electron chi connectivity index (χ4n) is 1.42. The van der Waals surface area contributed by atoms with E-state index < -0.39 is 0 Å². The van der Waals surface area contributed by atoms with E-state index in [2.05, 4.69) is 78.0 Å². The molecule has 0 N–H and O–H groups in total. The highest BCUT2D eigenvalue weighted by Crippen LogP contribution is 2.16. The van der Waals surface area contributed by atoms with Crippen molar-refractivity contribution >= 4 is 41.8 Å². The van der Waals surface area contributed by atoms with Crippen LogP contribution in [0.4, 0.5) is 0 Å². The highest BCUT2D eigenvalue weighted by Gasteiger charge is 2.01. The Kier molecular flexibility index (Phi) is 3.76. The van der Waals surface area contributed by atoms with Crippen LogP contribution in [0.1, 0.15) is 5.56 Å². The number of aryl methyl sites for hydroxylation is 1. The average Bonchev–Trinajstić information content (AvgIpc) is 2.24. The predicted octanol–water partition coefficient (Wildman–Crippen LogP) is 3.23. The fourth-order valence-corrected chi connectivity index (χ4v) is 3.35. The van der Waals surface area contributed by atoms with Crippen molar-refractivity contribution < 1.29 is 0 Å². The third-order valence-corrected chi connectivity index (χ3v) is 5.27. The lowest BCUT2D eigenvalue weighted by molar-refractivity contribution is 1.52. The molecule has 0 aromatic heterocycles. The molecule has 2 heteroatoms. The van der Waals surface area contributed by atoms with Gasteiger partial charge < -0.3 is 0 Å². The van der Waals surface area contributed by atoms with Crippen molar-refractivity contribution in [1.29, 1.82) is 0 Å². The zero-order chi connectivity index (χ0) is 10.7. The Morgan fingerprint density at radius 3 is 2.13 bits per heavy atom. The summed E-state index contributed by atoms with van der Waals surface area (Å²) >= 11 is 2.41. The van der Waals surface area contributed by atoms with Crippen LogP contribution in [0.3, 0.4) is 0 Å². The first kappa shape index (κ1) is 11.1. The van der Waals surface area contributed by atoms with E-state index >= 15 is 0 Å². The fraction of sp³-hybridized carbons (Fsp3) is 0.0769. The summed E-state index contributed by atoms with van der Waals surface area (Å²) in [4.78, 5) is 0. The Labute approximate surface area is 106 Å². The molecule has 0 amide bonds. The smallest absolute Gasteiger partial charge is 0.0207 e. The Bertz CT molecular complexity index is 422. The van der Waals surface area contributed by atoms with E-state index in [1.165, 1.54) is 19.7 Å². The molecule has 1 atom stereocenters. The van der Waals surface area contributed by atoms with Crippen LogP contribution >= 0.6 is 31.2 Å². The third kappa shape index (κ3) is 2.79. The van der Waals surface area contributed by atoms with Crippen molar-refractivity contribution in [3.05, 3.63) is 57.7 Å². The van der Waals surface area contributed by atoms with Crippen LogP contribution in [0.2, 0.25) is 0 Å².